The number of carbonyl (C=O) groups excluding carboxylic acids is 1. The van der Waals surface area contributed by atoms with E-state index >= 15 is 0 Å². The second-order valence-electron chi connectivity index (χ2n) is 7.90. The van der Waals surface area contributed by atoms with E-state index in [1.54, 1.807) is 6.20 Å². The Morgan fingerprint density at radius 1 is 1.00 bits per heavy atom. The lowest BCUT2D eigenvalue weighted by molar-refractivity contribution is -0.125. The molecule has 3 aromatic rings. The summed E-state index contributed by atoms with van der Waals surface area (Å²) < 4.78 is 0. The molecule has 0 bridgehead atoms. The molecule has 0 aliphatic carbocycles. The van der Waals surface area contributed by atoms with E-state index in [4.69, 9.17) is 38.9 Å². The summed E-state index contributed by atoms with van der Waals surface area (Å²) in [6, 6.07) is 15.1. The van der Waals surface area contributed by atoms with Gasteiger partial charge in [0, 0.05) is 34.3 Å². The molecule has 0 unspecified atom stereocenters. The number of benzene rings is 2. The molecule has 1 fully saturated rings. The minimum absolute atomic E-state index is 0.301. The fourth-order valence-electron chi connectivity index (χ4n) is 4.13. The van der Waals surface area contributed by atoms with Crippen molar-refractivity contribution >= 4 is 34.9 Å². The van der Waals surface area contributed by atoms with Crippen molar-refractivity contribution in [2.24, 2.45) is 5.73 Å². The molecular weight excluding hydrogens is 445 g/mol. The number of likely N-dealkylation sites (N-methyl/N-ethyl adjacent to an activating group) is 1. The lowest BCUT2D eigenvalue weighted by atomic mass is 9.86. The number of carbonyl (C=O) groups is 1. The molecule has 0 spiro atoms. The van der Waals surface area contributed by atoms with Gasteiger partial charge in [0.2, 0.25) is 5.91 Å². The van der Waals surface area contributed by atoms with Crippen molar-refractivity contribution < 1.29 is 4.79 Å². The fraction of sp³-hybridized carbons (Fsp3) is 0.292. The van der Waals surface area contributed by atoms with Gasteiger partial charge in [-0.2, -0.15) is 0 Å². The van der Waals surface area contributed by atoms with Crippen LogP contribution in [0.25, 0.3) is 22.5 Å². The van der Waals surface area contributed by atoms with Gasteiger partial charge in [-0.1, -0.05) is 54.4 Å². The maximum absolute atomic E-state index is 12.1. The van der Waals surface area contributed by atoms with Gasteiger partial charge in [-0.15, -0.1) is 0 Å². The van der Waals surface area contributed by atoms with Gasteiger partial charge >= 0.3 is 0 Å². The number of hydrogen-bond acceptors (Lipinski definition) is 5. The minimum atomic E-state index is -0.666. The van der Waals surface area contributed by atoms with Crippen LogP contribution in [0, 0.1) is 0 Å². The Labute approximate surface area is 197 Å². The first-order valence-corrected chi connectivity index (χ1v) is 11.4. The molecule has 1 aliphatic rings. The summed E-state index contributed by atoms with van der Waals surface area (Å²) in [6.07, 6.45) is 3.02. The Hall–Kier alpha value is -2.67. The SMILES string of the molecule is CCNC1(C(N)=O)CCN(c2cnc(-c3ccc(Cl)cc3)c(-c3ccc(Cl)cc3)n2)CC1. The second-order valence-corrected chi connectivity index (χ2v) is 8.78. The minimum Gasteiger partial charge on any atom is -0.368 e. The molecule has 1 aromatic heterocycles. The van der Waals surface area contributed by atoms with E-state index < -0.39 is 5.54 Å². The third kappa shape index (κ3) is 4.58. The number of amides is 1. The van der Waals surface area contributed by atoms with E-state index in [-0.39, 0.29) is 5.91 Å². The van der Waals surface area contributed by atoms with Crippen LogP contribution in [0.1, 0.15) is 19.8 Å². The standard InChI is InChI=1S/C24H25Cl2N5O/c1-2-29-24(23(27)32)11-13-31(14-12-24)20-15-28-21(16-3-7-18(25)8-4-16)22(30-20)17-5-9-19(26)10-6-17/h3-10,15,29H,2,11-14H2,1H3,(H2,27,32). The number of hydrogen-bond donors (Lipinski definition) is 2. The Balaban J connectivity index is 1.69. The fourth-order valence-corrected chi connectivity index (χ4v) is 4.38. The first-order valence-electron chi connectivity index (χ1n) is 10.6. The highest BCUT2D eigenvalue weighted by Gasteiger charge is 2.39. The number of nitrogens with zero attached hydrogens (tertiary/aromatic N) is 3. The van der Waals surface area contributed by atoms with E-state index in [1.807, 2.05) is 55.5 Å². The summed E-state index contributed by atoms with van der Waals surface area (Å²) in [6.45, 7) is 3.99. The van der Waals surface area contributed by atoms with Gasteiger partial charge in [-0.25, -0.2) is 4.98 Å². The predicted octanol–water partition coefficient (Wildman–Crippen LogP) is 4.55. The maximum Gasteiger partial charge on any atom is 0.237 e. The summed E-state index contributed by atoms with van der Waals surface area (Å²) in [4.78, 5) is 24.0. The smallest absolute Gasteiger partial charge is 0.237 e. The number of nitrogens with one attached hydrogen (secondary N) is 1. The molecule has 1 amide bonds. The molecule has 2 aromatic carbocycles. The second kappa shape index (κ2) is 9.45. The van der Waals surface area contributed by atoms with Crippen LogP contribution >= 0.6 is 23.2 Å². The molecule has 0 saturated carbocycles. The Morgan fingerprint density at radius 2 is 1.53 bits per heavy atom. The number of aromatic nitrogens is 2. The van der Waals surface area contributed by atoms with Gasteiger partial charge < -0.3 is 16.0 Å². The molecule has 8 heteroatoms. The quantitative estimate of drug-likeness (QED) is 0.552. The zero-order valence-electron chi connectivity index (χ0n) is 17.8. The zero-order chi connectivity index (χ0) is 22.7. The summed E-state index contributed by atoms with van der Waals surface area (Å²) in [5.41, 5.74) is 8.43. The topological polar surface area (TPSA) is 84.1 Å². The monoisotopic (exact) mass is 469 g/mol. The van der Waals surface area contributed by atoms with Crippen molar-refractivity contribution in [2.75, 3.05) is 24.5 Å². The number of primary amides is 1. The average molecular weight is 470 g/mol. The largest absolute Gasteiger partial charge is 0.368 e. The number of anilines is 1. The van der Waals surface area contributed by atoms with Crippen molar-refractivity contribution in [1.82, 2.24) is 15.3 Å². The maximum atomic E-state index is 12.1. The highest BCUT2D eigenvalue weighted by Crippen LogP contribution is 2.33. The van der Waals surface area contributed by atoms with Crippen molar-refractivity contribution in [2.45, 2.75) is 25.3 Å². The van der Waals surface area contributed by atoms with Crippen LogP contribution in [0.3, 0.4) is 0 Å². The number of piperidine rings is 1. The molecule has 0 atom stereocenters. The number of halogens is 2. The summed E-state index contributed by atoms with van der Waals surface area (Å²) in [5, 5.41) is 4.61. The highest BCUT2D eigenvalue weighted by molar-refractivity contribution is 6.31. The molecule has 0 radical (unpaired) electrons. The highest BCUT2D eigenvalue weighted by atomic mass is 35.5. The third-order valence-electron chi connectivity index (χ3n) is 5.92. The van der Waals surface area contributed by atoms with Crippen molar-refractivity contribution in [3.8, 4) is 22.5 Å². The molecule has 3 N–H and O–H groups in total. The molecule has 1 saturated heterocycles. The van der Waals surface area contributed by atoms with E-state index in [1.165, 1.54) is 0 Å². The van der Waals surface area contributed by atoms with Crippen LogP contribution in [0.4, 0.5) is 5.82 Å². The van der Waals surface area contributed by atoms with Crippen LogP contribution < -0.4 is 16.0 Å². The van der Waals surface area contributed by atoms with E-state index in [9.17, 15) is 4.79 Å². The van der Waals surface area contributed by atoms with Gasteiger partial charge in [0.25, 0.3) is 0 Å². The van der Waals surface area contributed by atoms with Crippen molar-refractivity contribution in [3.63, 3.8) is 0 Å². The Morgan fingerprint density at radius 3 is 2.03 bits per heavy atom. The number of rotatable bonds is 6. The Kier molecular flexibility index (Phi) is 6.65. The lowest BCUT2D eigenvalue weighted by Gasteiger charge is -2.40. The molecule has 166 valence electrons. The van der Waals surface area contributed by atoms with Crippen molar-refractivity contribution in [1.29, 1.82) is 0 Å². The van der Waals surface area contributed by atoms with Gasteiger partial charge in [-0.3, -0.25) is 9.78 Å². The summed E-state index contributed by atoms with van der Waals surface area (Å²) >= 11 is 12.2. The van der Waals surface area contributed by atoms with Crippen molar-refractivity contribution in [3.05, 3.63) is 64.8 Å². The van der Waals surface area contributed by atoms with E-state index in [0.29, 0.717) is 42.5 Å². The molecular formula is C24H25Cl2N5O. The first kappa shape index (κ1) is 22.5. The van der Waals surface area contributed by atoms with E-state index in [2.05, 4.69) is 10.2 Å². The third-order valence-corrected chi connectivity index (χ3v) is 6.43. The predicted molar refractivity (Wildman–Crippen MR) is 130 cm³/mol. The van der Waals surface area contributed by atoms with Crippen LogP contribution in [-0.2, 0) is 4.79 Å². The molecule has 6 nitrogen and oxygen atoms in total. The van der Waals surface area contributed by atoms with Gasteiger partial charge in [0.1, 0.15) is 11.4 Å². The van der Waals surface area contributed by atoms with Crippen LogP contribution in [-0.4, -0.2) is 41.0 Å². The molecule has 2 heterocycles. The summed E-state index contributed by atoms with van der Waals surface area (Å²) in [7, 11) is 0. The van der Waals surface area contributed by atoms with Gasteiger partial charge in [-0.05, 0) is 43.7 Å². The molecule has 4 rings (SSSR count). The van der Waals surface area contributed by atoms with Crippen LogP contribution in [0.15, 0.2) is 54.7 Å². The Bertz CT molecular complexity index is 1090. The van der Waals surface area contributed by atoms with Gasteiger partial charge in [0.05, 0.1) is 17.6 Å². The summed E-state index contributed by atoms with van der Waals surface area (Å²) in [5.74, 6) is 0.465. The lowest BCUT2D eigenvalue weighted by Crippen LogP contribution is -2.61. The van der Waals surface area contributed by atoms with Gasteiger partial charge in [0.15, 0.2) is 0 Å². The molecule has 32 heavy (non-hydrogen) atoms. The zero-order valence-corrected chi connectivity index (χ0v) is 19.3. The molecule has 1 aliphatic heterocycles. The van der Waals surface area contributed by atoms with Crippen LogP contribution in [0.5, 0.6) is 0 Å². The van der Waals surface area contributed by atoms with E-state index in [0.717, 1.165) is 28.3 Å². The number of nitrogens with two attached hydrogens (primary N) is 1. The average Bonchev–Trinajstić information content (AvgIpc) is 2.80. The normalized spacial score (nSPS) is 15.5. The first-order chi connectivity index (χ1) is 15.4. The van der Waals surface area contributed by atoms with Crippen LogP contribution in [0.2, 0.25) is 10.0 Å².